The number of pyridine rings is 1. The monoisotopic (exact) mass is 296 g/mol. The van der Waals surface area contributed by atoms with E-state index >= 15 is 0 Å². The summed E-state index contributed by atoms with van der Waals surface area (Å²) in [4.78, 5) is 3.60. The van der Waals surface area contributed by atoms with Crippen LogP contribution >= 0.6 is 0 Å². The highest BCUT2D eigenvalue weighted by molar-refractivity contribution is 5.44. The van der Waals surface area contributed by atoms with Crippen molar-refractivity contribution in [2.24, 2.45) is 0 Å². The van der Waals surface area contributed by atoms with Crippen LogP contribution in [0, 0.1) is 17.1 Å². The van der Waals surface area contributed by atoms with Gasteiger partial charge < -0.3 is 4.74 Å². The third-order valence-corrected chi connectivity index (χ3v) is 2.59. The van der Waals surface area contributed by atoms with Crippen molar-refractivity contribution >= 4 is 0 Å². The highest BCUT2D eigenvalue weighted by atomic mass is 19.4. The molecule has 0 aliphatic heterocycles. The van der Waals surface area contributed by atoms with E-state index in [1.165, 1.54) is 24.4 Å². The van der Waals surface area contributed by atoms with Crippen LogP contribution in [0.4, 0.5) is 17.6 Å². The number of benzene rings is 1. The van der Waals surface area contributed by atoms with E-state index in [0.717, 1.165) is 24.3 Å². The summed E-state index contributed by atoms with van der Waals surface area (Å²) in [7, 11) is 0. The molecule has 0 saturated heterocycles. The average molecular weight is 296 g/mol. The molecular formula is C14H8F4N2O. The summed E-state index contributed by atoms with van der Waals surface area (Å²) in [6.07, 6.45) is -5.95. The Hall–Kier alpha value is -2.62. The number of ether oxygens (including phenoxy) is 1. The van der Waals surface area contributed by atoms with E-state index in [1.54, 1.807) is 0 Å². The topological polar surface area (TPSA) is 45.9 Å². The van der Waals surface area contributed by atoms with E-state index in [9.17, 15) is 17.6 Å². The lowest BCUT2D eigenvalue weighted by Crippen LogP contribution is -2.27. The van der Waals surface area contributed by atoms with E-state index in [0.29, 0.717) is 0 Å². The first-order valence-corrected chi connectivity index (χ1v) is 5.76. The van der Waals surface area contributed by atoms with Gasteiger partial charge in [-0.2, -0.15) is 18.4 Å². The van der Waals surface area contributed by atoms with Gasteiger partial charge >= 0.3 is 6.18 Å². The van der Waals surface area contributed by atoms with E-state index in [-0.39, 0.29) is 5.69 Å². The van der Waals surface area contributed by atoms with Crippen molar-refractivity contribution in [2.45, 2.75) is 12.3 Å². The second kappa shape index (κ2) is 5.79. The molecule has 7 heteroatoms. The second-order valence-corrected chi connectivity index (χ2v) is 4.02. The van der Waals surface area contributed by atoms with Gasteiger partial charge in [-0.05, 0) is 24.3 Å². The Bertz CT molecular complexity index is 665. The Morgan fingerprint density at radius 2 is 1.90 bits per heavy atom. The molecule has 0 fully saturated rings. The fraction of sp³-hybridized carbons (Fsp3) is 0.143. The maximum absolute atomic E-state index is 13.4. The van der Waals surface area contributed by atoms with Crippen LogP contribution in [-0.4, -0.2) is 11.2 Å². The van der Waals surface area contributed by atoms with Gasteiger partial charge in [0.25, 0.3) is 0 Å². The number of halogens is 4. The van der Waals surface area contributed by atoms with Crippen LogP contribution in [0.2, 0.25) is 0 Å². The largest absolute Gasteiger partial charge is 0.473 e. The molecule has 1 atom stereocenters. The quantitative estimate of drug-likeness (QED) is 0.810. The zero-order valence-corrected chi connectivity index (χ0v) is 10.4. The lowest BCUT2D eigenvalue weighted by atomic mass is 10.2. The summed E-state index contributed by atoms with van der Waals surface area (Å²) in [5, 5.41) is 8.82. The van der Waals surface area contributed by atoms with Gasteiger partial charge in [-0.1, -0.05) is 12.1 Å². The van der Waals surface area contributed by atoms with E-state index in [4.69, 9.17) is 10.00 Å². The van der Waals surface area contributed by atoms with Crippen LogP contribution in [0.5, 0.6) is 5.75 Å². The average Bonchev–Trinajstić information content (AvgIpc) is 2.44. The van der Waals surface area contributed by atoms with Crippen LogP contribution in [0.15, 0.2) is 42.6 Å². The van der Waals surface area contributed by atoms with Gasteiger partial charge in [0.15, 0.2) is 0 Å². The highest BCUT2D eigenvalue weighted by Crippen LogP contribution is 2.37. The summed E-state index contributed by atoms with van der Waals surface area (Å²) in [6, 6.07) is 8.69. The zero-order valence-electron chi connectivity index (χ0n) is 10.4. The molecule has 108 valence electrons. The first-order chi connectivity index (χ1) is 9.93. The first kappa shape index (κ1) is 14.8. The van der Waals surface area contributed by atoms with Crippen molar-refractivity contribution in [3.8, 4) is 11.8 Å². The summed E-state index contributed by atoms with van der Waals surface area (Å²) < 4.78 is 57.5. The standard InChI is InChI=1S/C14H8F4N2O/c15-10-4-3-6-12(9(10)8-19)21-13(14(16,17)18)11-5-1-2-7-20-11/h1-7,13H. The molecule has 0 N–H and O–H groups in total. The van der Waals surface area contributed by atoms with Crippen molar-refractivity contribution in [1.29, 1.82) is 5.26 Å². The number of rotatable bonds is 3. The first-order valence-electron chi connectivity index (χ1n) is 5.76. The molecule has 0 radical (unpaired) electrons. The van der Waals surface area contributed by atoms with E-state index < -0.39 is 29.4 Å². The van der Waals surface area contributed by atoms with Crippen molar-refractivity contribution in [3.63, 3.8) is 0 Å². The molecule has 1 unspecified atom stereocenters. The zero-order chi connectivity index (χ0) is 15.5. The van der Waals surface area contributed by atoms with Crippen molar-refractivity contribution < 1.29 is 22.3 Å². The summed E-state index contributed by atoms with van der Waals surface area (Å²) >= 11 is 0. The SMILES string of the molecule is N#Cc1c(F)cccc1OC(c1ccccn1)C(F)(F)F. The molecule has 3 nitrogen and oxygen atoms in total. The van der Waals surface area contributed by atoms with Crippen LogP contribution in [0.1, 0.15) is 17.4 Å². The molecule has 0 saturated carbocycles. The molecule has 0 amide bonds. The summed E-state index contributed by atoms with van der Waals surface area (Å²) in [5.74, 6) is -1.43. The van der Waals surface area contributed by atoms with Crippen molar-refractivity contribution in [3.05, 3.63) is 59.7 Å². The van der Waals surface area contributed by atoms with Gasteiger partial charge in [-0.3, -0.25) is 4.98 Å². The minimum absolute atomic E-state index is 0.377. The van der Waals surface area contributed by atoms with Gasteiger partial charge in [0.05, 0.1) is 5.69 Å². The molecule has 1 heterocycles. The van der Waals surface area contributed by atoms with Gasteiger partial charge in [0, 0.05) is 6.20 Å². The lowest BCUT2D eigenvalue weighted by Gasteiger charge is -2.21. The number of alkyl halides is 3. The molecule has 1 aromatic carbocycles. The third kappa shape index (κ3) is 3.28. The lowest BCUT2D eigenvalue weighted by molar-refractivity contribution is -0.199. The fourth-order valence-electron chi connectivity index (χ4n) is 1.66. The molecule has 21 heavy (non-hydrogen) atoms. The molecule has 0 aliphatic rings. The maximum atomic E-state index is 13.4. The highest BCUT2D eigenvalue weighted by Gasteiger charge is 2.44. The smallest absolute Gasteiger partial charge is 0.431 e. The number of nitrogens with zero attached hydrogens (tertiary/aromatic N) is 2. The van der Waals surface area contributed by atoms with Gasteiger partial charge in [0.1, 0.15) is 23.2 Å². The number of hydrogen-bond acceptors (Lipinski definition) is 3. The summed E-state index contributed by atoms with van der Waals surface area (Å²) in [5.41, 5.74) is -0.958. The Balaban J connectivity index is 2.43. The van der Waals surface area contributed by atoms with Crippen LogP contribution in [-0.2, 0) is 0 Å². The minimum Gasteiger partial charge on any atom is -0.473 e. The third-order valence-electron chi connectivity index (χ3n) is 2.59. The van der Waals surface area contributed by atoms with Gasteiger partial charge in [0.2, 0.25) is 6.10 Å². The van der Waals surface area contributed by atoms with Crippen molar-refractivity contribution in [2.75, 3.05) is 0 Å². The molecule has 2 rings (SSSR count). The molecule has 0 bridgehead atoms. The predicted octanol–water partition coefficient (Wildman–Crippen LogP) is 3.77. The van der Waals surface area contributed by atoms with Gasteiger partial charge in [-0.25, -0.2) is 4.39 Å². The Morgan fingerprint density at radius 3 is 2.48 bits per heavy atom. The molecular weight excluding hydrogens is 288 g/mol. The van der Waals surface area contributed by atoms with E-state index in [2.05, 4.69) is 4.98 Å². The predicted molar refractivity (Wildman–Crippen MR) is 64.8 cm³/mol. The number of nitriles is 1. The van der Waals surface area contributed by atoms with E-state index in [1.807, 2.05) is 0 Å². The molecule has 0 spiro atoms. The molecule has 2 aromatic rings. The molecule has 1 aromatic heterocycles. The number of hydrogen-bond donors (Lipinski definition) is 0. The van der Waals surface area contributed by atoms with Gasteiger partial charge in [-0.15, -0.1) is 0 Å². The Morgan fingerprint density at radius 1 is 1.14 bits per heavy atom. The molecule has 0 aliphatic carbocycles. The maximum Gasteiger partial charge on any atom is 0.431 e. The number of aromatic nitrogens is 1. The van der Waals surface area contributed by atoms with Crippen LogP contribution < -0.4 is 4.74 Å². The summed E-state index contributed by atoms with van der Waals surface area (Å²) in [6.45, 7) is 0. The van der Waals surface area contributed by atoms with Crippen LogP contribution in [0.25, 0.3) is 0 Å². The normalized spacial score (nSPS) is 12.5. The minimum atomic E-state index is -4.76. The second-order valence-electron chi connectivity index (χ2n) is 4.02. The Labute approximate surface area is 117 Å². The fourth-order valence-corrected chi connectivity index (χ4v) is 1.66. The Kier molecular flexibility index (Phi) is 4.08. The van der Waals surface area contributed by atoms with Crippen molar-refractivity contribution in [1.82, 2.24) is 4.98 Å². The van der Waals surface area contributed by atoms with Crippen LogP contribution in [0.3, 0.4) is 0 Å².